The Bertz CT molecular complexity index is 842. The van der Waals surface area contributed by atoms with Crippen LogP contribution in [0.1, 0.15) is 11.1 Å². The van der Waals surface area contributed by atoms with Gasteiger partial charge in [-0.25, -0.2) is 18.4 Å². The number of tetrazole rings is 1. The zero-order valence-corrected chi connectivity index (χ0v) is 12.1. The first-order chi connectivity index (χ1) is 10.7. The average molecular weight is 322 g/mol. The van der Waals surface area contributed by atoms with Crippen molar-refractivity contribution in [1.82, 2.24) is 29.4 Å². The number of alkyl halides is 1. The lowest BCUT2D eigenvalue weighted by Gasteiger charge is -2.12. The Labute approximate surface area is 129 Å². The quantitative estimate of drug-likeness (QED) is 0.681. The fraction of sp³-hybridized carbons (Fsp3) is 0.167. The molecule has 1 aromatic carbocycles. The molecule has 10 heteroatoms. The standard InChI is InChI=1S/C12H11FN6O2S/c13-6-8-2-1-3-10(19-12(20)14-16-17-19)9(8)7-21-11-4-5-18(22)15-11/h1-5,22H,6-7H2,(H,14,17,20). The van der Waals surface area contributed by atoms with E-state index in [1.165, 1.54) is 4.09 Å². The number of benzene rings is 1. The van der Waals surface area contributed by atoms with E-state index in [-0.39, 0.29) is 6.61 Å². The fourth-order valence-electron chi connectivity index (χ4n) is 1.99. The average Bonchev–Trinajstić information content (AvgIpc) is 3.13. The molecule has 0 amide bonds. The summed E-state index contributed by atoms with van der Waals surface area (Å²) in [6.07, 6.45) is 1.60. The van der Waals surface area contributed by atoms with Gasteiger partial charge >= 0.3 is 5.69 Å². The van der Waals surface area contributed by atoms with Crippen LogP contribution >= 0.6 is 12.8 Å². The molecule has 8 nitrogen and oxygen atoms in total. The zero-order valence-electron chi connectivity index (χ0n) is 11.2. The van der Waals surface area contributed by atoms with Crippen LogP contribution in [0.3, 0.4) is 0 Å². The lowest BCUT2D eigenvalue weighted by Crippen LogP contribution is -2.19. The maximum atomic E-state index is 13.2. The van der Waals surface area contributed by atoms with Gasteiger partial charge in [0.15, 0.2) is 0 Å². The minimum absolute atomic E-state index is 0.0273. The number of hydrogen-bond acceptors (Lipinski definition) is 6. The largest absolute Gasteiger partial charge is 0.472 e. The molecular weight excluding hydrogens is 311 g/mol. The van der Waals surface area contributed by atoms with Crippen LogP contribution in [-0.4, -0.2) is 29.4 Å². The molecule has 0 radical (unpaired) electrons. The molecule has 0 aliphatic heterocycles. The number of halogens is 1. The van der Waals surface area contributed by atoms with Gasteiger partial charge < -0.3 is 4.74 Å². The van der Waals surface area contributed by atoms with Gasteiger partial charge in [-0.3, -0.25) is 0 Å². The summed E-state index contributed by atoms with van der Waals surface area (Å²) in [7, 11) is 0. The number of nitrogens with one attached hydrogen (secondary N) is 1. The lowest BCUT2D eigenvalue weighted by molar-refractivity contribution is 0.289. The second kappa shape index (κ2) is 6.02. The number of nitrogens with zero attached hydrogens (tertiary/aromatic N) is 5. The fourth-order valence-corrected chi connectivity index (χ4v) is 2.14. The van der Waals surface area contributed by atoms with Crippen LogP contribution in [0.15, 0.2) is 35.3 Å². The van der Waals surface area contributed by atoms with E-state index < -0.39 is 12.4 Å². The van der Waals surface area contributed by atoms with Gasteiger partial charge in [0.25, 0.3) is 0 Å². The molecule has 3 rings (SSSR count). The van der Waals surface area contributed by atoms with E-state index in [0.29, 0.717) is 22.7 Å². The molecule has 0 aliphatic rings. The summed E-state index contributed by atoms with van der Waals surface area (Å²) >= 11 is 4.00. The molecule has 0 fully saturated rings. The van der Waals surface area contributed by atoms with Gasteiger partial charge in [0.1, 0.15) is 13.3 Å². The second-order valence-electron chi connectivity index (χ2n) is 4.33. The number of hydrogen-bond donors (Lipinski definition) is 2. The van der Waals surface area contributed by atoms with Crippen molar-refractivity contribution in [3.63, 3.8) is 0 Å². The van der Waals surface area contributed by atoms with Gasteiger partial charge in [-0.1, -0.05) is 12.1 Å². The van der Waals surface area contributed by atoms with E-state index in [9.17, 15) is 9.18 Å². The van der Waals surface area contributed by atoms with E-state index in [2.05, 4.69) is 33.4 Å². The van der Waals surface area contributed by atoms with E-state index in [4.69, 9.17) is 4.74 Å². The molecule has 0 spiro atoms. The lowest BCUT2D eigenvalue weighted by atomic mass is 10.1. The van der Waals surface area contributed by atoms with Crippen LogP contribution in [-0.2, 0) is 13.3 Å². The van der Waals surface area contributed by atoms with Crippen LogP contribution in [0.5, 0.6) is 5.88 Å². The van der Waals surface area contributed by atoms with Crippen LogP contribution in [0.2, 0.25) is 0 Å². The van der Waals surface area contributed by atoms with E-state index in [1.807, 2.05) is 0 Å². The summed E-state index contributed by atoms with van der Waals surface area (Å²) in [6.45, 7) is -0.667. The summed E-state index contributed by atoms with van der Waals surface area (Å²) in [5.74, 6) is 0.335. The maximum absolute atomic E-state index is 13.2. The number of thiol groups is 1. The zero-order chi connectivity index (χ0) is 15.5. The molecule has 114 valence electrons. The Balaban J connectivity index is 1.97. The molecule has 0 unspecified atom stereocenters. The van der Waals surface area contributed by atoms with Crippen LogP contribution in [0, 0.1) is 0 Å². The third-order valence-electron chi connectivity index (χ3n) is 3.01. The smallest absolute Gasteiger partial charge is 0.365 e. The molecule has 2 heterocycles. The van der Waals surface area contributed by atoms with Crippen molar-refractivity contribution in [3.05, 3.63) is 52.1 Å². The van der Waals surface area contributed by atoms with Gasteiger partial charge in [-0.15, -0.1) is 5.10 Å². The summed E-state index contributed by atoms with van der Waals surface area (Å²) in [5.41, 5.74) is 0.781. The topological polar surface area (TPSA) is 90.6 Å². The van der Waals surface area contributed by atoms with Crippen molar-refractivity contribution in [2.45, 2.75) is 13.3 Å². The Hall–Kier alpha value is -2.62. The highest BCUT2D eigenvalue weighted by Crippen LogP contribution is 2.20. The molecular formula is C12H11FN6O2S. The van der Waals surface area contributed by atoms with Crippen molar-refractivity contribution in [2.75, 3.05) is 0 Å². The van der Waals surface area contributed by atoms with Gasteiger partial charge in [0, 0.05) is 17.8 Å². The van der Waals surface area contributed by atoms with Crippen LogP contribution in [0.25, 0.3) is 5.69 Å². The molecule has 0 saturated carbocycles. The number of aromatic amines is 1. The SMILES string of the molecule is O=c1[nH]nnn1-c1cccc(CF)c1COc1ccn(S)n1. The van der Waals surface area contributed by atoms with Gasteiger partial charge in [0.2, 0.25) is 5.88 Å². The predicted octanol–water partition coefficient (Wildman–Crippen LogP) is 0.893. The van der Waals surface area contributed by atoms with Crippen molar-refractivity contribution in [2.24, 2.45) is 0 Å². The second-order valence-corrected chi connectivity index (χ2v) is 4.74. The van der Waals surface area contributed by atoms with Crippen molar-refractivity contribution >= 4 is 12.8 Å². The molecule has 0 bridgehead atoms. The Morgan fingerprint density at radius 3 is 2.86 bits per heavy atom. The first kappa shape index (κ1) is 14.3. The minimum atomic E-state index is -0.694. The highest BCUT2D eigenvalue weighted by molar-refractivity contribution is 7.78. The highest BCUT2D eigenvalue weighted by atomic mass is 32.1. The summed E-state index contributed by atoms with van der Waals surface area (Å²) in [6, 6.07) is 6.51. The maximum Gasteiger partial charge on any atom is 0.365 e. The molecule has 1 N–H and O–H groups in total. The van der Waals surface area contributed by atoms with Crippen LogP contribution < -0.4 is 10.4 Å². The summed E-state index contributed by atoms with van der Waals surface area (Å²) in [4.78, 5) is 11.7. The Kier molecular flexibility index (Phi) is 3.92. The van der Waals surface area contributed by atoms with E-state index in [0.717, 1.165) is 4.68 Å². The normalized spacial score (nSPS) is 10.8. The molecule has 22 heavy (non-hydrogen) atoms. The number of rotatable bonds is 5. The van der Waals surface area contributed by atoms with E-state index in [1.54, 1.807) is 30.5 Å². The first-order valence-corrected chi connectivity index (χ1v) is 6.64. The number of ether oxygens (including phenoxy) is 1. The highest BCUT2D eigenvalue weighted by Gasteiger charge is 2.14. The minimum Gasteiger partial charge on any atom is -0.472 e. The Morgan fingerprint density at radius 1 is 1.36 bits per heavy atom. The number of aromatic nitrogens is 6. The molecule has 0 aliphatic carbocycles. The number of H-pyrrole nitrogens is 1. The van der Waals surface area contributed by atoms with Crippen LogP contribution in [0.4, 0.5) is 4.39 Å². The van der Waals surface area contributed by atoms with Crippen molar-refractivity contribution in [3.8, 4) is 11.6 Å². The van der Waals surface area contributed by atoms with Gasteiger partial charge in [0.05, 0.1) is 5.69 Å². The van der Waals surface area contributed by atoms with E-state index >= 15 is 0 Å². The predicted molar refractivity (Wildman–Crippen MR) is 77.7 cm³/mol. The molecule has 0 atom stereocenters. The monoisotopic (exact) mass is 322 g/mol. The van der Waals surface area contributed by atoms with Gasteiger partial charge in [-0.2, -0.15) is 4.68 Å². The molecule has 3 aromatic rings. The van der Waals surface area contributed by atoms with Crippen molar-refractivity contribution < 1.29 is 9.13 Å². The summed E-state index contributed by atoms with van der Waals surface area (Å²) in [5, 5.41) is 13.2. The van der Waals surface area contributed by atoms with Gasteiger partial charge in [-0.05, 0) is 34.9 Å². The third kappa shape index (κ3) is 2.72. The molecule has 2 aromatic heterocycles. The third-order valence-corrected chi connectivity index (χ3v) is 3.23. The first-order valence-electron chi connectivity index (χ1n) is 6.24. The van der Waals surface area contributed by atoms with Crippen molar-refractivity contribution in [1.29, 1.82) is 0 Å². The summed E-state index contributed by atoms with van der Waals surface area (Å²) < 4.78 is 21.1. The molecule has 0 saturated heterocycles. The Morgan fingerprint density at radius 2 is 2.23 bits per heavy atom.